The molecule has 0 atom stereocenters. The highest BCUT2D eigenvalue weighted by molar-refractivity contribution is 5.29. The molecule has 2 rings (SSSR count). The molecule has 19 heavy (non-hydrogen) atoms. The molecule has 0 aliphatic carbocycles. The summed E-state index contributed by atoms with van der Waals surface area (Å²) in [4.78, 5) is 4.49. The lowest BCUT2D eigenvalue weighted by Gasteiger charge is -2.11. The van der Waals surface area contributed by atoms with E-state index >= 15 is 0 Å². The van der Waals surface area contributed by atoms with Gasteiger partial charge in [-0.2, -0.15) is 0 Å². The maximum Gasteiger partial charge on any atom is 0.113 e. The Bertz CT molecular complexity index is 502. The van der Waals surface area contributed by atoms with E-state index in [0.29, 0.717) is 0 Å². The van der Waals surface area contributed by atoms with Gasteiger partial charge in [0.25, 0.3) is 0 Å². The Hall–Kier alpha value is -1.61. The minimum absolute atomic E-state index is 0.911. The smallest absolute Gasteiger partial charge is 0.113 e. The largest absolute Gasteiger partial charge is 0.335 e. The number of rotatable bonds is 7. The predicted molar refractivity (Wildman–Crippen MR) is 79.1 cm³/mol. The van der Waals surface area contributed by atoms with Crippen molar-refractivity contribution in [3.05, 3.63) is 53.6 Å². The molecule has 3 nitrogen and oxygen atoms in total. The number of hydrogen-bond donors (Lipinski definition) is 1. The second-order valence-corrected chi connectivity index (χ2v) is 4.76. The van der Waals surface area contributed by atoms with Crippen molar-refractivity contribution >= 4 is 0 Å². The molecule has 0 unspecified atom stereocenters. The molecule has 0 saturated carbocycles. The molecule has 0 aliphatic rings. The minimum atomic E-state index is 0.911. The van der Waals surface area contributed by atoms with Crippen LogP contribution in [-0.2, 0) is 19.5 Å². The number of aromatic nitrogens is 2. The van der Waals surface area contributed by atoms with Gasteiger partial charge >= 0.3 is 0 Å². The van der Waals surface area contributed by atoms with Crippen molar-refractivity contribution in [3.8, 4) is 0 Å². The average molecular weight is 257 g/mol. The molecule has 2 aromatic rings. The molecule has 1 N–H and O–H groups in total. The Morgan fingerprint density at radius 2 is 1.95 bits per heavy atom. The van der Waals surface area contributed by atoms with Crippen LogP contribution < -0.4 is 5.32 Å². The van der Waals surface area contributed by atoms with Crippen LogP contribution in [0.1, 0.15) is 37.2 Å². The summed E-state index contributed by atoms with van der Waals surface area (Å²) in [5.74, 6) is 1.16. The summed E-state index contributed by atoms with van der Waals surface area (Å²) in [6.07, 6.45) is 6.03. The van der Waals surface area contributed by atoms with Crippen molar-refractivity contribution < 1.29 is 0 Å². The van der Waals surface area contributed by atoms with Crippen LogP contribution >= 0.6 is 0 Å². The van der Waals surface area contributed by atoms with Crippen LogP contribution in [0.15, 0.2) is 36.7 Å². The number of aryl methyl sites for hydroxylation is 1. The van der Waals surface area contributed by atoms with Crippen molar-refractivity contribution in [3.63, 3.8) is 0 Å². The highest BCUT2D eigenvalue weighted by atomic mass is 15.1. The van der Waals surface area contributed by atoms with Gasteiger partial charge < -0.3 is 9.88 Å². The fourth-order valence-corrected chi connectivity index (χ4v) is 2.28. The van der Waals surface area contributed by atoms with Crippen LogP contribution in [0.5, 0.6) is 0 Å². The number of imidazole rings is 1. The first kappa shape index (κ1) is 13.8. The van der Waals surface area contributed by atoms with E-state index in [2.05, 4.69) is 59.2 Å². The molecule has 0 aliphatic heterocycles. The first-order chi connectivity index (χ1) is 9.35. The Kier molecular flexibility index (Phi) is 5.16. The van der Waals surface area contributed by atoms with Gasteiger partial charge in [0.15, 0.2) is 0 Å². The molecule has 1 aromatic carbocycles. The highest BCUT2D eigenvalue weighted by Crippen LogP contribution is 2.14. The molecular formula is C16H23N3. The van der Waals surface area contributed by atoms with Gasteiger partial charge in [-0.3, -0.25) is 0 Å². The van der Waals surface area contributed by atoms with Crippen LogP contribution in [0, 0.1) is 0 Å². The highest BCUT2D eigenvalue weighted by Gasteiger charge is 2.07. The predicted octanol–water partition coefficient (Wildman–Crippen LogP) is 2.99. The molecule has 0 amide bonds. The van der Waals surface area contributed by atoms with Crippen LogP contribution in [-0.4, -0.2) is 16.1 Å². The average Bonchev–Trinajstić information content (AvgIpc) is 2.86. The summed E-state index contributed by atoms with van der Waals surface area (Å²) in [6, 6.07) is 8.62. The van der Waals surface area contributed by atoms with Gasteiger partial charge in [0.2, 0.25) is 0 Å². The molecule has 0 fully saturated rings. The quantitative estimate of drug-likeness (QED) is 0.826. The van der Waals surface area contributed by atoms with E-state index in [1.54, 1.807) is 0 Å². The molecule has 0 radical (unpaired) electrons. The molecule has 102 valence electrons. The number of nitrogens with zero attached hydrogens (tertiary/aromatic N) is 2. The van der Waals surface area contributed by atoms with Crippen LogP contribution in [0.4, 0.5) is 0 Å². The van der Waals surface area contributed by atoms with E-state index in [0.717, 1.165) is 38.3 Å². The van der Waals surface area contributed by atoms with Crippen LogP contribution in [0.2, 0.25) is 0 Å². The number of hydrogen-bond acceptors (Lipinski definition) is 2. The Morgan fingerprint density at radius 1 is 1.16 bits per heavy atom. The number of nitrogens with one attached hydrogen (secondary N) is 1. The summed E-state index contributed by atoms with van der Waals surface area (Å²) >= 11 is 0. The van der Waals surface area contributed by atoms with E-state index in [9.17, 15) is 0 Å². The maximum absolute atomic E-state index is 4.49. The zero-order chi connectivity index (χ0) is 13.5. The SMILES string of the molecule is CCCn1ccnc1Cc1ccccc1CNCC. The van der Waals surface area contributed by atoms with Gasteiger partial charge in [-0.05, 0) is 24.1 Å². The van der Waals surface area contributed by atoms with Gasteiger partial charge in [-0.25, -0.2) is 4.98 Å². The summed E-state index contributed by atoms with van der Waals surface area (Å²) in [5.41, 5.74) is 2.74. The lowest BCUT2D eigenvalue weighted by Crippen LogP contribution is -2.14. The first-order valence-electron chi connectivity index (χ1n) is 7.12. The van der Waals surface area contributed by atoms with Gasteiger partial charge in [-0.1, -0.05) is 38.1 Å². The van der Waals surface area contributed by atoms with E-state index in [1.165, 1.54) is 11.1 Å². The molecule has 0 bridgehead atoms. The molecule has 3 heteroatoms. The third-order valence-corrected chi connectivity index (χ3v) is 3.30. The van der Waals surface area contributed by atoms with E-state index in [1.807, 2.05) is 6.20 Å². The van der Waals surface area contributed by atoms with E-state index < -0.39 is 0 Å². The summed E-state index contributed by atoms with van der Waals surface area (Å²) in [5, 5.41) is 3.40. The fourth-order valence-electron chi connectivity index (χ4n) is 2.28. The monoisotopic (exact) mass is 257 g/mol. The van der Waals surface area contributed by atoms with Gasteiger partial charge in [0.1, 0.15) is 5.82 Å². The first-order valence-corrected chi connectivity index (χ1v) is 7.12. The van der Waals surface area contributed by atoms with Crippen molar-refractivity contribution in [2.75, 3.05) is 6.54 Å². The molecule has 1 heterocycles. The summed E-state index contributed by atoms with van der Waals surface area (Å²) in [7, 11) is 0. The lowest BCUT2D eigenvalue weighted by molar-refractivity contribution is 0.644. The number of benzene rings is 1. The third kappa shape index (κ3) is 3.67. The van der Waals surface area contributed by atoms with Gasteiger partial charge in [-0.15, -0.1) is 0 Å². The van der Waals surface area contributed by atoms with Gasteiger partial charge in [0.05, 0.1) is 0 Å². The second-order valence-electron chi connectivity index (χ2n) is 4.76. The van der Waals surface area contributed by atoms with Gasteiger partial charge in [0, 0.05) is 31.9 Å². The minimum Gasteiger partial charge on any atom is -0.335 e. The Morgan fingerprint density at radius 3 is 2.68 bits per heavy atom. The van der Waals surface area contributed by atoms with E-state index in [-0.39, 0.29) is 0 Å². The van der Waals surface area contributed by atoms with Crippen LogP contribution in [0.3, 0.4) is 0 Å². The van der Waals surface area contributed by atoms with Crippen molar-refractivity contribution in [2.45, 2.75) is 39.8 Å². The molecular weight excluding hydrogens is 234 g/mol. The molecule has 0 spiro atoms. The zero-order valence-electron chi connectivity index (χ0n) is 11.9. The molecule has 0 saturated heterocycles. The Labute approximate surface area is 115 Å². The van der Waals surface area contributed by atoms with Crippen molar-refractivity contribution in [1.82, 2.24) is 14.9 Å². The van der Waals surface area contributed by atoms with Crippen LogP contribution in [0.25, 0.3) is 0 Å². The van der Waals surface area contributed by atoms with Crippen molar-refractivity contribution in [1.29, 1.82) is 0 Å². The summed E-state index contributed by atoms with van der Waals surface area (Å²) < 4.78 is 2.25. The zero-order valence-corrected chi connectivity index (χ0v) is 11.9. The second kappa shape index (κ2) is 7.10. The fraction of sp³-hybridized carbons (Fsp3) is 0.438. The topological polar surface area (TPSA) is 29.9 Å². The third-order valence-electron chi connectivity index (χ3n) is 3.30. The van der Waals surface area contributed by atoms with E-state index in [4.69, 9.17) is 0 Å². The lowest BCUT2D eigenvalue weighted by atomic mass is 10.0. The summed E-state index contributed by atoms with van der Waals surface area (Å²) in [6.45, 7) is 7.31. The standard InChI is InChI=1S/C16H23N3/c1-3-10-19-11-9-18-16(19)12-14-7-5-6-8-15(14)13-17-4-2/h5-9,11,17H,3-4,10,12-13H2,1-2H3. The Balaban J connectivity index is 2.15. The van der Waals surface area contributed by atoms with Crippen molar-refractivity contribution in [2.24, 2.45) is 0 Å². The normalized spacial score (nSPS) is 10.8. The maximum atomic E-state index is 4.49. The molecule has 1 aromatic heterocycles.